The van der Waals surface area contributed by atoms with Crippen molar-refractivity contribution in [3.05, 3.63) is 66.2 Å². The number of amides is 1. The van der Waals surface area contributed by atoms with E-state index in [0.717, 1.165) is 18.2 Å². The number of nitrogens with one attached hydrogen (secondary N) is 1. The maximum atomic E-state index is 13.1. The Balaban J connectivity index is 1.76. The van der Waals surface area contributed by atoms with Gasteiger partial charge in [0.2, 0.25) is 0 Å². The zero-order valence-corrected chi connectivity index (χ0v) is 15.5. The van der Waals surface area contributed by atoms with E-state index < -0.39 is 30.2 Å². The molecule has 0 unspecified atom stereocenters. The van der Waals surface area contributed by atoms with Crippen LogP contribution in [0.2, 0.25) is 0 Å². The molecule has 1 heterocycles. The van der Waals surface area contributed by atoms with Crippen molar-refractivity contribution >= 4 is 17.6 Å². The van der Waals surface area contributed by atoms with Gasteiger partial charge in [-0.15, -0.1) is 0 Å². The zero-order chi connectivity index (χ0) is 21.7. The molecular formula is C19H15F3N4O4. The fraction of sp³-hybridized carbons (Fsp3) is 0.158. The van der Waals surface area contributed by atoms with E-state index in [0.29, 0.717) is 0 Å². The third kappa shape index (κ3) is 4.74. The topological polar surface area (TPSA) is 95.3 Å². The second-order valence-corrected chi connectivity index (χ2v) is 5.89. The smallest absolute Gasteiger partial charge is 0.416 e. The van der Waals surface area contributed by atoms with Gasteiger partial charge in [0.1, 0.15) is 24.0 Å². The second-order valence-electron chi connectivity index (χ2n) is 5.89. The van der Waals surface area contributed by atoms with Gasteiger partial charge in [-0.2, -0.15) is 18.3 Å². The molecule has 0 bridgehead atoms. The fourth-order valence-corrected chi connectivity index (χ4v) is 2.55. The number of carbonyl (C=O) groups is 2. The molecular weight excluding hydrogens is 405 g/mol. The maximum absolute atomic E-state index is 13.1. The summed E-state index contributed by atoms with van der Waals surface area (Å²) >= 11 is 0. The Labute approximate surface area is 168 Å². The van der Waals surface area contributed by atoms with E-state index in [4.69, 9.17) is 9.47 Å². The maximum Gasteiger partial charge on any atom is 0.416 e. The largest absolute Gasteiger partial charge is 0.496 e. The van der Waals surface area contributed by atoms with Crippen LogP contribution in [0.3, 0.4) is 0 Å². The first-order chi connectivity index (χ1) is 14.3. The molecule has 0 spiro atoms. The van der Waals surface area contributed by atoms with Gasteiger partial charge >= 0.3 is 12.1 Å². The number of anilines is 1. The lowest BCUT2D eigenvalue weighted by Crippen LogP contribution is -2.22. The van der Waals surface area contributed by atoms with Gasteiger partial charge < -0.3 is 14.8 Å². The van der Waals surface area contributed by atoms with Gasteiger partial charge in [-0.05, 0) is 30.3 Å². The molecule has 3 aromatic rings. The van der Waals surface area contributed by atoms with Gasteiger partial charge in [-0.25, -0.2) is 14.5 Å². The summed E-state index contributed by atoms with van der Waals surface area (Å²) in [6.07, 6.45) is -2.16. The number of esters is 1. The molecule has 0 saturated heterocycles. The van der Waals surface area contributed by atoms with E-state index >= 15 is 0 Å². The number of rotatable bonds is 6. The van der Waals surface area contributed by atoms with Crippen molar-refractivity contribution in [3.63, 3.8) is 0 Å². The zero-order valence-electron chi connectivity index (χ0n) is 15.5. The number of alkyl halides is 3. The van der Waals surface area contributed by atoms with Gasteiger partial charge in [-0.3, -0.25) is 4.79 Å². The van der Waals surface area contributed by atoms with Crippen LogP contribution in [0, 0.1) is 0 Å². The molecule has 2 aromatic carbocycles. The van der Waals surface area contributed by atoms with Crippen molar-refractivity contribution in [3.8, 4) is 11.4 Å². The molecule has 0 fully saturated rings. The third-order valence-corrected chi connectivity index (χ3v) is 3.92. The molecule has 11 heteroatoms. The molecule has 0 aliphatic rings. The first-order valence-corrected chi connectivity index (χ1v) is 8.46. The van der Waals surface area contributed by atoms with Crippen LogP contribution in [0.5, 0.6) is 5.75 Å². The van der Waals surface area contributed by atoms with Crippen LogP contribution < -0.4 is 10.1 Å². The monoisotopic (exact) mass is 420 g/mol. The van der Waals surface area contributed by atoms with Crippen molar-refractivity contribution in [2.24, 2.45) is 0 Å². The highest BCUT2D eigenvalue weighted by Crippen LogP contribution is 2.33. The van der Waals surface area contributed by atoms with E-state index in [1.165, 1.54) is 30.5 Å². The van der Waals surface area contributed by atoms with Crippen molar-refractivity contribution in [2.45, 2.75) is 6.18 Å². The highest BCUT2D eigenvalue weighted by Gasteiger charge is 2.31. The summed E-state index contributed by atoms with van der Waals surface area (Å²) in [4.78, 5) is 28.1. The molecule has 1 N–H and O–H groups in total. The summed E-state index contributed by atoms with van der Waals surface area (Å²) in [5.41, 5.74) is -0.874. The quantitative estimate of drug-likeness (QED) is 0.616. The van der Waals surface area contributed by atoms with Crippen molar-refractivity contribution < 1.29 is 32.2 Å². The molecule has 30 heavy (non-hydrogen) atoms. The molecule has 0 radical (unpaired) electrons. The first-order valence-electron chi connectivity index (χ1n) is 8.46. The first kappa shape index (κ1) is 20.8. The van der Waals surface area contributed by atoms with Crippen LogP contribution in [0.4, 0.5) is 18.9 Å². The Morgan fingerprint density at radius 1 is 1.17 bits per heavy atom. The Morgan fingerprint density at radius 3 is 2.60 bits per heavy atom. The lowest BCUT2D eigenvalue weighted by molar-refractivity contribution is -0.137. The number of nitrogens with zero attached hydrogens (tertiary/aromatic N) is 3. The molecule has 8 nitrogen and oxygen atoms in total. The Bertz CT molecular complexity index is 1050. The standard InChI is InChI=1S/C19H15F3N4O4/c1-29-16-5-3-2-4-13(16)18(28)30-9-17(27)25-14-8-12(19(20,21)22)6-7-15(14)26-11-23-10-24-26/h2-8,10-11H,9H2,1H3,(H,25,27). The summed E-state index contributed by atoms with van der Waals surface area (Å²) in [6.45, 7) is -0.718. The number of hydrogen-bond acceptors (Lipinski definition) is 6. The van der Waals surface area contributed by atoms with E-state index in [9.17, 15) is 22.8 Å². The molecule has 0 saturated carbocycles. The minimum atomic E-state index is -4.61. The summed E-state index contributed by atoms with van der Waals surface area (Å²) < 4.78 is 50.4. The molecule has 0 aliphatic heterocycles. The Morgan fingerprint density at radius 2 is 1.93 bits per heavy atom. The minimum absolute atomic E-state index is 0.107. The van der Waals surface area contributed by atoms with E-state index in [1.807, 2.05) is 0 Å². The molecule has 1 aromatic heterocycles. The van der Waals surface area contributed by atoms with Crippen molar-refractivity contribution in [1.82, 2.24) is 14.8 Å². The average Bonchev–Trinajstić information content (AvgIpc) is 3.26. The lowest BCUT2D eigenvalue weighted by atomic mass is 10.1. The highest BCUT2D eigenvalue weighted by atomic mass is 19.4. The van der Waals surface area contributed by atoms with E-state index in [1.54, 1.807) is 18.2 Å². The number of aromatic nitrogens is 3. The van der Waals surface area contributed by atoms with Crippen molar-refractivity contribution in [2.75, 3.05) is 19.0 Å². The second kappa shape index (κ2) is 8.64. The van der Waals surface area contributed by atoms with Crippen LogP contribution in [-0.4, -0.2) is 40.4 Å². The van der Waals surface area contributed by atoms with Crippen molar-refractivity contribution in [1.29, 1.82) is 0 Å². The van der Waals surface area contributed by atoms with Gasteiger partial charge in [0.25, 0.3) is 5.91 Å². The summed E-state index contributed by atoms with van der Waals surface area (Å²) in [6, 6.07) is 9.01. The molecule has 0 aliphatic carbocycles. The minimum Gasteiger partial charge on any atom is -0.496 e. The molecule has 3 rings (SSSR count). The molecule has 0 atom stereocenters. The number of hydrogen-bond donors (Lipinski definition) is 1. The number of halogens is 3. The number of ether oxygens (including phenoxy) is 2. The predicted molar refractivity (Wildman–Crippen MR) is 98.3 cm³/mol. The van der Waals surface area contributed by atoms with Crippen LogP contribution in [0.25, 0.3) is 5.69 Å². The molecule has 1 amide bonds. The van der Waals surface area contributed by atoms with Crippen LogP contribution in [-0.2, 0) is 15.7 Å². The summed E-state index contributed by atoms with van der Waals surface area (Å²) in [5, 5.41) is 6.16. The van der Waals surface area contributed by atoms with Gasteiger partial charge in [0.15, 0.2) is 6.61 Å². The highest BCUT2D eigenvalue weighted by molar-refractivity contribution is 5.97. The van der Waals surface area contributed by atoms with E-state index in [2.05, 4.69) is 15.4 Å². The Kier molecular flexibility index (Phi) is 6.00. The normalized spacial score (nSPS) is 11.1. The summed E-state index contributed by atoms with van der Waals surface area (Å²) in [5.74, 6) is -1.39. The number of benzene rings is 2. The van der Waals surface area contributed by atoms with Crippen LogP contribution in [0.1, 0.15) is 15.9 Å². The predicted octanol–water partition coefficient (Wildman–Crippen LogP) is 3.09. The number of carbonyl (C=O) groups excluding carboxylic acids is 2. The van der Waals surface area contributed by atoms with E-state index in [-0.39, 0.29) is 22.7 Å². The number of methoxy groups -OCH3 is 1. The Hall–Kier alpha value is -3.89. The number of para-hydroxylation sites is 1. The lowest BCUT2D eigenvalue weighted by Gasteiger charge is -2.14. The van der Waals surface area contributed by atoms with Gasteiger partial charge in [0.05, 0.1) is 24.0 Å². The van der Waals surface area contributed by atoms with Gasteiger partial charge in [-0.1, -0.05) is 12.1 Å². The third-order valence-electron chi connectivity index (χ3n) is 3.92. The molecule has 156 valence electrons. The SMILES string of the molecule is COc1ccccc1C(=O)OCC(=O)Nc1cc(C(F)(F)F)ccc1-n1cncn1. The fourth-order valence-electron chi connectivity index (χ4n) is 2.55. The van der Waals surface area contributed by atoms with Crippen LogP contribution in [0.15, 0.2) is 55.1 Å². The van der Waals surface area contributed by atoms with Crippen LogP contribution >= 0.6 is 0 Å². The van der Waals surface area contributed by atoms with Gasteiger partial charge in [0, 0.05) is 0 Å². The average molecular weight is 420 g/mol. The summed E-state index contributed by atoms with van der Waals surface area (Å²) in [7, 11) is 1.37.